The van der Waals surface area contributed by atoms with E-state index in [9.17, 15) is 9.90 Å². The Labute approximate surface area is 108 Å². The minimum absolute atomic E-state index is 0.237. The van der Waals surface area contributed by atoms with E-state index in [-0.39, 0.29) is 5.92 Å². The van der Waals surface area contributed by atoms with E-state index < -0.39 is 5.97 Å². The predicted molar refractivity (Wildman–Crippen MR) is 71.3 cm³/mol. The van der Waals surface area contributed by atoms with Gasteiger partial charge in [-0.25, -0.2) is 9.78 Å². The highest BCUT2D eigenvalue weighted by Crippen LogP contribution is 2.26. The lowest BCUT2D eigenvalue weighted by Gasteiger charge is -2.24. The Bertz CT molecular complexity index is 457. The number of carboxylic acid groups (broad SMARTS) is 1. The van der Waals surface area contributed by atoms with Crippen LogP contribution in [0.5, 0.6) is 0 Å². The zero-order valence-corrected chi connectivity index (χ0v) is 11.2. The van der Waals surface area contributed by atoms with Crippen LogP contribution in [0.25, 0.3) is 0 Å². The van der Waals surface area contributed by atoms with Crippen molar-refractivity contribution >= 4 is 11.8 Å². The van der Waals surface area contributed by atoms with Crippen molar-refractivity contribution in [2.75, 3.05) is 11.4 Å². The third-order valence-corrected chi connectivity index (χ3v) is 3.52. The van der Waals surface area contributed by atoms with Gasteiger partial charge in [0.15, 0.2) is 0 Å². The van der Waals surface area contributed by atoms with Crippen LogP contribution in [0, 0.1) is 0 Å². The highest BCUT2D eigenvalue weighted by molar-refractivity contribution is 5.88. The number of rotatable bonds is 3. The van der Waals surface area contributed by atoms with E-state index in [4.69, 9.17) is 0 Å². The summed E-state index contributed by atoms with van der Waals surface area (Å²) in [5, 5.41) is 9.18. The SMILES string of the molecule is CC(C)c1cc(C(=O)O)cc(N2CCCC2C)n1. The van der Waals surface area contributed by atoms with Gasteiger partial charge in [0.05, 0.1) is 5.56 Å². The van der Waals surface area contributed by atoms with Gasteiger partial charge in [0, 0.05) is 18.3 Å². The van der Waals surface area contributed by atoms with E-state index in [0.29, 0.717) is 11.6 Å². The van der Waals surface area contributed by atoms with Crippen molar-refractivity contribution < 1.29 is 9.90 Å². The van der Waals surface area contributed by atoms with Crippen LogP contribution in [0.15, 0.2) is 12.1 Å². The molecule has 0 saturated carbocycles. The Balaban J connectivity index is 2.42. The molecular weight excluding hydrogens is 228 g/mol. The first-order valence-electron chi connectivity index (χ1n) is 6.51. The number of carboxylic acids is 1. The first-order chi connectivity index (χ1) is 8.49. The van der Waals surface area contributed by atoms with Crippen molar-refractivity contribution in [1.82, 2.24) is 4.98 Å². The van der Waals surface area contributed by atoms with Gasteiger partial charge in [0.1, 0.15) is 5.82 Å². The molecule has 1 aromatic rings. The largest absolute Gasteiger partial charge is 0.478 e. The molecule has 1 aliphatic heterocycles. The average Bonchev–Trinajstić information content (AvgIpc) is 2.74. The Kier molecular flexibility index (Phi) is 3.55. The maximum absolute atomic E-state index is 11.2. The first kappa shape index (κ1) is 12.9. The highest BCUT2D eigenvalue weighted by Gasteiger charge is 2.23. The molecule has 0 aliphatic carbocycles. The van der Waals surface area contributed by atoms with Crippen molar-refractivity contribution in [2.24, 2.45) is 0 Å². The van der Waals surface area contributed by atoms with Crippen LogP contribution in [0.1, 0.15) is 55.6 Å². The third kappa shape index (κ3) is 2.47. The fraction of sp³-hybridized carbons (Fsp3) is 0.571. The van der Waals surface area contributed by atoms with Crippen LogP contribution in [0.4, 0.5) is 5.82 Å². The second-order valence-corrected chi connectivity index (χ2v) is 5.28. The number of nitrogens with zero attached hydrogens (tertiary/aromatic N) is 2. The zero-order valence-electron chi connectivity index (χ0n) is 11.2. The number of pyridine rings is 1. The molecule has 4 heteroatoms. The Morgan fingerprint density at radius 2 is 2.22 bits per heavy atom. The van der Waals surface area contributed by atoms with E-state index >= 15 is 0 Å². The van der Waals surface area contributed by atoms with Gasteiger partial charge in [0.2, 0.25) is 0 Å². The van der Waals surface area contributed by atoms with E-state index in [1.54, 1.807) is 12.1 Å². The lowest BCUT2D eigenvalue weighted by molar-refractivity contribution is 0.0696. The van der Waals surface area contributed by atoms with Gasteiger partial charge in [-0.05, 0) is 37.8 Å². The highest BCUT2D eigenvalue weighted by atomic mass is 16.4. The monoisotopic (exact) mass is 248 g/mol. The molecule has 98 valence electrons. The number of aromatic nitrogens is 1. The summed E-state index contributed by atoms with van der Waals surface area (Å²) >= 11 is 0. The van der Waals surface area contributed by atoms with Crippen LogP contribution in [0.3, 0.4) is 0 Å². The fourth-order valence-electron chi connectivity index (χ4n) is 2.38. The van der Waals surface area contributed by atoms with Gasteiger partial charge in [-0.1, -0.05) is 13.8 Å². The first-order valence-corrected chi connectivity index (χ1v) is 6.51. The van der Waals surface area contributed by atoms with Crippen LogP contribution in [0.2, 0.25) is 0 Å². The molecule has 1 fully saturated rings. The summed E-state index contributed by atoms with van der Waals surface area (Å²) in [7, 11) is 0. The summed E-state index contributed by atoms with van der Waals surface area (Å²) in [5.41, 5.74) is 1.19. The molecule has 1 atom stereocenters. The number of hydrogen-bond donors (Lipinski definition) is 1. The molecule has 2 rings (SSSR count). The molecule has 0 aromatic carbocycles. The van der Waals surface area contributed by atoms with Gasteiger partial charge in [-0.15, -0.1) is 0 Å². The minimum Gasteiger partial charge on any atom is -0.478 e. The van der Waals surface area contributed by atoms with Gasteiger partial charge in [0.25, 0.3) is 0 Å². The lowest BCUT2D eigenvalue weighted by atomic mass is 10.1. The zero-order chi connectivity index (χ0) is 13.3. The third-order valence-electron chi connectivity index (χ3n) is 3.52. The molecule has 0 radical (unpaired) electrons. The van der Waals surface area contributed by atoms with Crippen molar-refractivity contribution in [3.8, 4) is 0 Å². The standard InChI is InChI=1S/C14H20N2O2/c1-9(2)12-7-11(14(17)18)8-13(15-12)16-6-4-5-10(16)3/h7-10H,4-6H2,1-3H3,(H,17,18). The van der Waals surface area contributed by atoms with E-state index in [2.05, 4.69) is 16.8 Å². The van der Waals surface area contributed by atoms with Crippen LogP contribution >= 0.6 is 0 Å². The Hall–Kier alpha value is -1.58. The molecule has 0 amide bonds. The second kappa shape index (κ2) is 4.96. The topological polar surface area (TPSA) is 53.4 Å². The van der Waals surface area contributed by atoms with Crippen LogP contribution in [-0.2, 0) is 0 Å². The fourth-order valence-corrected chi connectivity index (χ4v) is 2.38. The van der Waals surface area contributed by atoms with Crippen LogP contribution < -0.4 is 4.90 Å². The van der Waals surface area contributed by atoms with E-state index in [1.165, 1.54) is 0 Å². The molecule has 2 heterocycles. The molecular formula is C14H20N2O2. The van der Waals surface area contributed by atoms with Crippen molar-refractivity contribution in [1.29, 1.82) is 0 Å². The summed E-state index contributed by atoms with van der Waals surface area (Å²) in [6, 6.07) is 3.81. The Morgan fingerprint density at radius 3 is 2.72 bits per heavy atom. The summed E-state index contributed by atoms with van der Waals surface area (Å²) in [4.78, 5) is 18.0. The minimum atomic E-state index is -0.882. The predicted octanol–water partition coefficient (Wildman–Crippen LogP) is 2.89. The molecule has 0 bridgehead atoms. The molecule has 1 aliphatic rings. The maximum Gasteiger partial charge on any atom is 0.335 e. The molecule has 1 unspecified atom stereocenters. The second-order valence-electron chi connectivity index (χ2n) is 5.28. The van der Waals surface area contributed by atoms with Gasteiger partial charge >= 0.3 is 5.97 Å². The summed E-state index contributed by atoms with van der Waals surface area (Å²) in [5.74, 6) is 0.164. The molecule has 1 saturated heterocycles. The number of hydrogen-bond acceptors (Lipinski definition) is 3. The molecule has 1 N–H and O–H groups in total. The quantitative estimate of drug-likeness (QED) is 0.893. The average molecular weight is 248 g/mol. The van der Waals surface area contributed by atoms with Gasteiger partial charge < -0.3 is 10.0 Å². The number of aromatic carboxylic acids is 1. The Morgan fingerprint density at radius 1 is 1.50 bits per heavy atom. The maximum atomic E-state index is 11.2. The van der Waals surface area contributed by atoms with Crippen molar-refractivity contribution in [2.45, 2.75) is 45.6 Å². The number of anilines is 1. The normalized spacial score (nSPS) is 19.6. The molecule has 1 aromatic heterocycles. The van der Waals surface area contributed by atoms with E-state index in [0.717, 1.165) is 30.9 Å². The molecule has 18 heavy (non-hydrogen) atoms. The van der Waals surface area contributed by atoms with Crippen molar-refractivity contribution in [3.05, 3.63) is 23.4 Å². The van der Waals surface area contributed by atoms with Crippen LogP contribution in [-0.4, -0.2) is 28.6 Å². The lowest BCUT2D eigenvalue weighted by Crippen LogP contribution is -2.27. The number of carbonyl (C=O) groups is 1. The summed E-state index contributed by atoms with van der Waals surface area (Å²) in [6.07, 6.45) is 2.30. The van der Waals surface area contributed by atoms with Gasteiger partial charge in [-0.2, -0.15) is 0 Å². The van der Waals surface area contributed by atoms with E-state index in [1.807, 2.05) is 13.8 Å². The smallest absolute Gasteiger partial charge is 0.335 e. The molecule has 0 spiro atoms. The van der Waals surface area contributed by atoms with Gasteiger partial charge in [-0.3, -0.25) is 0 Å². The van der Waals surface area contributed by atoms with Crippen molar-refractivity contribution in [3.63, 3.8) is 0 Å². The summed E-state index contributed by atoms with van der Waals surface area (Å²) in [6.45, 7) is 7.20. The molecule has 4 nitrogen and oxygen atoms in total. The summed E-state index contributed by atoms with van der Waals surface area (Å²) < 4.78 is 0.